The molecule has 0 aliphatic carbocycles. The minimum atomic E-state index is -0.243. The van der Waals surface area contributed by atoms with Gasteiger partial charge in [0, 0.05) is 18.4 Å². The first kappa shape index (κ1) is 15.1. The quantitative estimate of drug-likeness (QED) is 0.667. The van der Waals surface area contributed by atoms with Crippen molar-refractivity contribution < 1.29 is 19.4 Å². The number of hydrogen-bond donors (Lipinski definition) is 1. The van der Waals surface area contributed by atoms with Crippen LogP contribution in [0.3, 0.4) is 0 Å². The van der Waals surface area contributed by atoms with Gasteiger partial charge in [-0.1, -0.05) is 11.8 Å². The molecule has 1 fully saturated rings. The number of piperidine rings is 1. The zero-order valence-corrected chi connectivity index (χ0v) is 11.9. The molecule has 1 saturated heterocycles. The predicted octanol–water partition coefficient (Wildman–Crippen LogP) is 1.08. The maximum absolute atomic E-state index is 11.9. The van der Waals surface area contributed by atoms with Crippen molar-refractivity contribution in [2.45, 2.75) is 25.8 Å². The zero-order valence-electron chi connectivity index (χ0n) is 11.9. The molecule has 1 heterocycles. The molecular weight excluding hydrogens is 270 g/mol. The van der Waals surface area contributed by atoms with Gasteiger partial charge in [-0.25, -0.2) is 0 Å². The number of rotatable bonds is 3. The summed E-state index contributed by atoms with van der Waals surface area (Å²) in [6, 6.07) is 5.27. The van der Waals surface area contributed by atoms with Crippen LogP contribution < -0.4 is 4.74 Å². The number of nitrogens with zero attached hydrogens (tertiary/aromatic N) is 1. The number of benzene rings is 1. The maximum atomic E-state index is 11.9. The molecule has 1 N–H and O–H groups in total. The second-order valence-electron chi connectivity index (χ2n) is 4.71. The lowest BCUT2D eigenvalue weighted by Crippen LogP contribution is -2.39. The third-order valence-corrected chi connectivity index (χ3v) is 3.33. The van der Waals surface area contributed by atoms with E-state index in [9.17, 15) is 9.59 Å². The highest BCUT2D eigenvalue weighted by Gasteiger charge is 2.26. The molecule has 2 amide bonds. The van der Waals surface area contributed by atoms with Gasteiger partial charge in [0.25, 0.3) is 0 Å². The van der Waals surface area contributed by atoms with Crippen molar-refractivity contribution in [3.8, 4) is 17.6 Å². The molecule has 0 bridgehead atoms. The Morgan fingerprint density at radius 3 is 2.62 bits per heavy atom. The number of imide groups is 1. The fourth-order valence-electron chi connectivity index (χ4n) is 2.23. The summed E-state index contributed by atoms with van der Waals surface area (Å²) in [5.74, 6) is 5.73. The first-order valence-electron chi connectivity index (χ1n) is 6.75. The normalized spacial score (nSPS) is 14.7. The lowest BCUT2D eigenvalue weighted by atomic mass is 10.0. The molecular formula is C16H17NO4. The van der Waals surface area contributed by atoms with Crippen molar-refractivity contribution in [1.82, 2.24) is 4.90 Å². The third-order valence-electron chi connectivity index (χ3n) is 3.33. The van der Waals surface area contributed by atoms with Crippen molar-refractivity contribution >= 4 is 11.8 Å². The Morgan fingerprint density at radius 1 is 1.29 bits per heavy atom. The van der Waals surface area contributed by atoms with Crippen LogP contribution in [0.2, 0.25) is 0 Å². The lowest BCUT2D eigenvalue weighted by molar-refractivity contribution is -0.148. The van der Waals surface area contributed by atoms with Crippen LogP contribution in [0.5, 0.6) is 5.75 Å². The summed E-state index contributed by atoms with van der Waals surface area (Å²) in [6.45, 7) is -0.0582. The third kappa shape index (κ3) is 3.61. The van der Waals surface area contributed by atoms with Gasteiger partial charge in [0.15, 0.2) is 0 Å². The van der Waals surface area contributed by atoms with Crippen LogP contribution in [0, 0.1) is 11.8 Å². The fourth-order valence-corrected chi connectivity index (χ4v) is 2.23. The summed E-state index contributed by atoms with van der Waals surface area (Å²) < 4.78 is 5.17. The number of carbonyl (C=O) groups excluding carboxylic acids is 2. The van der Waals surface area contributed by atoms with Crippen molar-refractivity contribution in [3.05, 3.63) is 29.3 Å². The van der Waals surface area contributed by atoms with Crippen LogP contribution in [-0.4, -0.2) is 35.5 Å². The van der Waals surface area contributed by atoms with Crippen LogP contribution >= 0.6 is 0 Å². The van der Waals surface area contributed by atoms with E-state index in [0.29, 0.717) is 30.6 Å². The largest absolute Gasteiger partial charge is 0.497 e. The summed E-state index contributed by atoms with van der Waals surface area (Å²) in [4.78, 5) is 25.0. The van der Waals surface area contributed by atoms with Gasteiger partial charge in [-0.15, -0.1) is 0 Å². The molecule has 5 heteroatoms. The van der Waals surface area contributed by atoms with Gasteiger partial charge in [0.1, 0.15) is 12.4 Å². The average molecular weight is 287 g/mol. The van der Waals surface area contributed by atoms with Gasteiger partial charge < -0.3 is 9.84 Å². The molecule has 1 aliphatic heterocycles. The van der Waals surface area contributed by atoms with E-state index >= 15 is 0 Å². The predicted molar refractivity (Wildman–Crippen MR) is 76.4 cm³/mol. The first-order chi connectivity index (χ1) is 10.2. The molecule has 1 aromatic rings. The Kier molecular flexibility index (Phi) is 4.96. The number of methoxy groups -OCH3 is 1. The van der Waals surface area contributed by atoms with Gasteiger partial charge in [-0.3, -0.25) is 14.5 Å². The summed E-state index contributed by atoms with van der Waals surface area (Å²) in [5.41, 5.74) is 1.41. The minimum absolute atomic E-state index is 0.157. The zero-order chi connectivity index (χ0) is 15.2. The van der Waals surface area contributed by atoms with Gasteiger partial charge >= 0.3 is 0 Å². The van der Waals surface area contributed by atoms with Crippen molar-refractivity contribution in [2.24, 2.45) is 0 Å². The molecule has 0 radical (unpaired) electrons. The number of amides is 2. The van der Waals surface area contributed by atoms with Gasteiger partial charge in [0.05, 0.1) is 13.7 Å². The van der Waals surface area contributed by atoms with Gasteiger partial charge in [-0.2, -0.15) is 0 Å². The van der Waals surface area contributed by atoms with E-state index in [1.807, 2.05) is 0 Å². The molecule has 2 rings (SSSR count). The van der Waals surface area contributed by atoms with E-state index in [4.69, 9.17) is 9.84 Å². The summed E-state index contributed by atoms with van der Waals surface area (Å²) in [5, 5.41) is 8.81. The van der Waals surface area contributed by atoms with Crippen LogP contribution in [-0.2, 0) is 16.1 Å². The number of hydrogen-bond acceptors (Lipinski definition) is 4. The number of aliphatic hydroxyl groups is 1. The molecule has 1 aliphatic rings. The highest BCUT2D eigenvalue weighted by Crippen LogP contribution is 2.21. The van der Waals surface area contributed by atoms with Crippen molar-refractivity contribution in [1.29, 1.82) is 0 Å². The van der Waals surface area contributed by atoms with Crippen LogP contribution in [0.15, 0.2) is 18.2 Å². The number of likely N-dealkylation sites (tertiary alicyclic amines) is 1. The fraction of sp³-hybridized carbons (Fsp3) is 0.375. The van der Waals surface area contributed by atoms with E-state index in [2.05, 4.69) is 11.8 Å². The standard InChI is InChI=1S/C16H17NO4/c1-21-14-8-7-12(4-3-9-18)13(10-14)11-17-15(19)5-2-6-16(17)20/h7-8,10,18H,2,5-6,9,11H2,1H3. The van der Waals surface area contributed by atoms with E-state index in [1.165, 1.54) is 4.90 Å². The van der Waals surface area contributed by atoms with Crippen LogP contribution in [0.25, 0.3) is 0 Å². The summed E-state index contributed by atoms with van der Waals surface area (Å²) in [6.07, 6.45) is 1.41. The Bertz CT molecular complexity index is 596. The SMILES string of the molecule is COc1ccc(C#CCO)c(CN2C(=O)CCCC2=O)c1. The smallest absolute Gasteiger partial charge is 0.229 e. The number of carbonyl (C=O) groups is 2. The number of ether oxygens (including phenoxy) is 1. The molecule has 21 heavy (non-hydrogen) atoms. The summed E-state index contributed by atoms with van der Waals surface area (Å²) >= 11 is 0. The Labute approximate surface area is 123 Å². The summed E-state index contributed by atoms with van der Waals surface area (Å²) in [7, 11) is 1.55. The Morgan fingerprint density at radius 2 is 2.00 bits per heavy atom. The highest BCUT2D eigenvalue weighted by atomic mass is 16.5. The molecule has 5 nitrogen and oxygen atoms in total. The number of aliphatic hydroxyl groups excluding tert-OH is 1. The maximum Gasteiger partial charge on any atom is 0.229 e. The van der Waals surface area contributed by atoms with Crippen LogP contribution in [0.1, 0.15) is 30.4 Å². The van der Waals surface area contributed by atoms with Crippen LogP contribution in [0.4, 0.5) is 0 Å². The van der Waals surface area contributed by atoms with E-state index < -0.39 is 0 Å². The molecule has 110 valence electrons. The lowest BCUT2D eigenvalue weighted by Gasteiger charge is -2.25. The molecule has 0 saturated carbocycles. The first-order valence-corrected chi connectivity index (χ1v) is 6.75. The molecule has 1 aromatic carbocycles. The molecule has 0 spiro atoms. The second-order valence-corrected chi connectivity index (χ2v) is 4.71. The monoisotopic (exact) mass is 287 g/mol. The Hall–Kier alpha value is -2.32. The van der Waals surface area contributed by atoms with E-state index in [0.717, 1.165) is 5.56 Å². The Balaban J connectivity index is 2.31. The van der Waals surface area contributed by atoms with E-state index in [1.54, 1.807) is 25.3 Å². The molecule has 0 unspecified atom stereocenters. The van der Waals surface area contributed by atoms with E-state index in [-0.39, 0.29) is 25.0 Å². The van der Waals surface area contributed by atoms with Gasteiger partial charge in [0.2, 0.25) is 11.8 Å². The van der Waals surface area contributed by atoms with Gasteiger partial charge in [-0.05, 0) is 30.2 Å². The minimum Gasteiger partial charge on any atom is -0.497 e. The highest BCUT2D eigenvalue weighted by molar-refractivity contribution is 5.97. The van der Waals surface area contributed by atoms with Crippen molar-refractivity contribution in [2.75, 3.05) is 13.7 Å². The average Bonchev–Trinajstić information content (AvgIpc) is 2.49. The molecule has 0 aromatic heterocycles. The topological polar surface area (TPSA) is 66.8 Å². The molecule has 0 atom stereocenters. The second kappa shape index (κ2) is 6.91. The van der Waals surface area contributed by atoms with Crippen molar-refractivity contribution in [3.63, 3.8) is 0 Å².